The second kappa shape index (κ2) is 7.03. The number of nitrogens with zero attached hydrogens (tertiary/aromatic N) is 3. The number of rotatable bonds is 4. The maximum absolute atomic E-state index is 12.4. The molecular formula is C20H18BrN3O2. The Bertz CT molecular complexity index is 953. The first kappa shape index (κ1) is 17.0. The van der Waals surface area contributed by atoms with Crippen molar-refractivity contribution in [1.82, 2.24) is 15.0 Å². The van der Waals surface area contributed by atoms with Crippen molar-refractivity contribution >= 4 is 21.8 Å². The summed E-state index contributed by atoms with van der Waals surface area (Å²) in [6, 6.07) is 15.7. The molecule has 4 rings (SSSR count). The molecule has 1 fully saturated rings. The van der Waals surface area contributed by atoms with E-state index in [4.69, 9.17) is 4.52 Å². The zero-order chi connectivity index (χ0) is 18.1. The highest BCUT2D eigenvalue weighted by molar-refractivity contribution is 9.10. The summed E-state index contributed by atoms with van der Waals surface area (Å²) in [4.78, 5) is 18.8. The number of amides is 1. The van der Waals surface area contributed by atoms with Gasteiger partial charge >= 0.3 is 0 Å². The van der Waals surface area contributed by atoms with Crippen LogP contribution in [0.15, 0.2) is 57.5 Å². The Morgan fingerprint density at radius 3 is 2.88 bits per heavy atom. The molecule has 1 unspecified atom stereocenters. The number of benzene rings is 2. The molecule has 0 N–H and O–H groups in total. The number of aryl methyl sites for hydroxylation is 1. The Morgan fingerprint density at radius 2 is 2.08 bits per heavy atom. The molecule has 1 amide bonds. The van der Waals surface area contributed by atoms with Crippen LogP contribution in [-0.4, -0.2) is 20.9 Å². The predicted octanol–water partition coefficient (Wildman–Crippen LogP) is 4.67. The molecule has 0 spiro atoms. The van der Waals surface area contributed by atoms with E-state index in [-0.39, 0.29) is 11.9 Å². The average Bonchev–Trinajstić information content (AvgIpc) is 3.25. The molecule has 132 valence electrons. The molecule has 2 heterocycles. The first-order chi connectivity index (χ1) is 12.6. The van der Waals surface area contributed by atoms with Gasteiger partial charge in [0.25, 0.3) is 0 Å². The molecule has 1 aliphatic rings. The Kier molecular flexibility index (Phi) is 4.59. The van der Waals surface area contributed by atoms with E-state index in [0.717, 1.165) is 15.6 Å². The van der Waals surface area contributed by atoms with Crippen molar-refractivity contribution in [2.45, 2.75) is 32.4 Å². The molecule has 0 bridgehead atoms. The zero-order valence-corrected chi connectivity index (χ0v) is 15.9. The molecule has 1 aromatic heterocycles. The monoisotopic (exact) mass is 411 g/mol. The first-order valence-electron chi connectivity index (χ1n) is 8.55. The van der Waals surface area contributed by atoms with Crippen LogP contribution in [0.25, 0.3) is 11.4 Å². The highest BCUT2D eigenvalue weighted by Crippen LogP contribution is 2.34. The predicted molar refractivity (Wildman–Crippen MR) is 101 cm³/mol. The molecule has 0 aliphatic carbocycles. The number of hydrogen-bond donors (Lipinski definition) is 0. The van der Waals surface area contributed by atoms with Crippen molar-refractivity contribution in [2.75, 3.05) is 0 Å². The normalized spacial score (nSPS) is 17.1. The van der Waals surface area contributed by atoms with Crippen LogP contribution in [0.4, 0.5) is 0 Å². The van der Waals surface area contributed by atoms with Gasteiger partial charge in [-0.25, -0.2) is 0 Å². The third-order valence-electron chi connectivity index (χ3n) is 4.74. The number of carbonyl (C=O) groups is 1. The van der Waals surface area contributed by atoms with Crippen LogP contribution in [0.1, 0.15) is 35.9 Å². The van der Waals surface area contributed by atoms with E-state index < -0.39 is 0 Å². The topological polar surface area (TPSA) is 59.2 Å². The van der Waals surface area contributed by atoms with Crippen molar-refractivity contribution in [3.8, 4) is 11.4 Å². The fourth-order valence-electron chi connectivity index (χ4n) is 3.27. The summed E-state index contributed by atoms with van der Waals surface area (Å²) in [6.45, 7) is 2.62. The molecular weight excluding hydrogens is 394 g/mol. The van der Waals surface area contributed by atoms with Gasteiger partial charge in [0.2, 0.25) is 17.6 Å². The Morgan fingerprint density at radius 1 is 1.23 bits per heavy atom. The first-order valence-corrected chi connectivity index (χ1v) is 9.34. The summed E-state index contributed by atoms with van der Waals surface area (Å²) in [7, 11) is 0. The highest BCUT2D eigenvalue weighted by atomic mass is 79.9. The van der Waals surface area contributed by atoms with Crippen molar-refractivity contribution < 1.29 is 9.32 Å². The summed E-state index contributed by atoms with van der Waals surface area (Å²) in [5, 5.41) is 4.11. The van der Waals surface area contributed by atoms with Gasteiger partial charge < -0.3 is 9.42 Å². The van der Waals surface area contributed by atoms with E-state index in [2.05, 4.69) is 45.1 Å². The van der Waals surface area contributed by atoms with E-state index in [9.17, 15) is 4.79 Å². The number of carbonyl (C=O) groups excluding carboxylic acids is 1. The van der Waals surface area contributed by atoms with E-state index in [1.807, 2.05) is 41.3 Å². The van der Waals surface area contributed by atoms with Crippen LogP contribution >= 0.6 is 15.9 Å². The maximum atomic E-state index is 12.4. The van der Waals surface area contributed by atoms with Crippen LogP contribution in [-0.2, 0) is 11.3 Å². The second-order valence-electron chi connectivity index (χ2n) is 6.47. The SMILES string of the molecule is Cc1ccccc1CN1C(=O)CCC1c1nc(-c2cccc(Br)c2)no1. The quantitative estimate of drug-likeness (QED) is 0.625. The van der Waals surface area contributed by atoms with E-state index in [1.54, 1.807) is 0 Å². The highest BCUT2D eigenvalue weighted by Gasteiger charge is 2.36. The van der Waals surface area contributed by atoms with Gasteiger partial charge in [0, 0.05) is 23.0 Å². The summed E-state index contributed by atoms with van der Waals surface area (Å²) in [5.74, 6) is 1.16. The van der Waals surface area contributed by atoms with Crippen LogP contribution < -0.4 is 0 Å². The van der Waals surface area contributed by atoms with Crippen LogP contribution in [0, 0.1) is 6.92 Å². The molecule has 1 atom stereocenters. The van der Waals surface area contributed by atoms with Gasteiger partial charge in [-0.3, -0.25) is 4.79 Å². The lowest BCUT2D eigenvalue weighted by Crippen LogP contribution is -2.27. The van der Waals surface area contributed by atoms with Crippen molar-refractivity contribution in [1.29, 1.82) is 0 Å². The minimum Gasteiger partial charge on any atom is -0.337 e. The van der Waals surface area contributed by atoms with Gasteiger partial charge in [-0.1, -0.05) is 57.5 Å². The molecule has 26 heavy (non-hydrogen) atoms. The molecule has 0 saturated carbocycles. The lowest BCUT2D eigenvalue weighted by molar-refractivity contribution is -0.130. The van der Waals surface area contributed by atoms with Crippen LogP contribution in [0.2, 0.25) is 0 Å². The number of hydrogen-bond acceptors (Lipinski definition) is 4. The number of aromatic nitrogens is 2. The third-order valence-corrected chi connectivity index (χ3v) is 5.23. The van der Waals surface area contributed by atoms with Crippen LogP contribution in [0.3, 0.4) is 0 Å². The maximum Gasteiger partial charge on any atom is 0.249 e. The van der Waals surface area contributed by atoms with Crippen molar-refractivity contribution in [3.63, 3.8) is 0 Å². The largest absolute Gasteiger partial charge is 0.337 e. The van der Waals surface area contributed by atoms with Gasteiger partial charge in [-0.15, -0.1) is 0 Å². The van der Waals surface area contributed by atoms with Crippen LogP contribution in [0.5, 0.6) is 0 Å². The van der Waals surface area contributed by atoms with E-state index >= 15 is 0 Å². The molecule has 1 aliphatic heterocycles. The molecule has 6 heteroatoms. The summed E-state index contributed by atoms with van der Waals surface area (Å²) in [6.07, 6.45) is 1.20. The van der Waals surface area contributed by atoms with Gasteiger partial charge in [-0.05, 0) is 36.6 Å². The average molecular weight is 412 g/mol. The smallest absolute Gasteiger partial charge is 0.249 e. The molecule has 3 aromatic rings. The fourth-order valence-corrected chi connectivity index (χ4v) is 3.67. The fraction of sp³-hybridized carbons (Fsp3) is 0.250. The number of likely N-dealkylation sites (tertiary alicyclic amines) is 1. The van der Waals surface area contributed by atoms with Gasteiger partial charge in [0.1, 0.15) is 6.04 Å². The van der Waals surface area contributed by atoms with Gasteiger partial charge in [0.05, 0.1) is 0 Å². The standard InChI is InChI=1S/C20H18BrN3O2/c1-13-5-2-3-6-15(13)12-24-17(9-10-18(24)25)20-22-19(23-26-20)14-7-4-8-16(21)11-14/h2-8,11,17H,9-10,12H2,1H3. The summed E-state index contributed by atoms with van der Waals surface area (Å²) in [5.41, 5.74) is 3.19. The number of halogens is 1. The van der Waals surface area contributed by atoms with Gasteiger partial charge in [-0.2, -0.15) is 4.98 Å². The Hall–Kier alpha value is -2.47. The summed E-state index contributed by atoms with van der Waals surface area (Å²) < 4.78 is 6.48. The summed E-state index contributed by atoms with van der Waals surface area (Å²) >= 11 is 3.45. The molecule has 1 saturated heterocycles. The van der Waals surface area contributed by atoms with Crippen molar-refractivity contribution in [3.05, 3.63) is 70.0 Å². The lowest BCUT2D eigenvalue weighted by Gasteiger charge is -2.23. The zero-order valence-electron chi connectivity index (χ0n) is 14.4. The van der Waals surface area contributed by atoms with Crippen molar-refractivity contribution in [2.24, 2.45) is 0 Å². The van der Waals surface area contributed by atoms with E-state index in [0.29, 0.717) is 31.1 Å². The minimum atomic E-state index is -0.171. The molecule has 5 nitrogen and oxygen atoms in total. The van der Waals surface area contributed by atoms with E-state index in [1.165, 1.54) is 5.56 Å². The lowest BCUT2D eigenvalue weighted by atomic mass is 10.1. The third kappa shape index (κ3) is 3.29. The Labute approximate surface area is 160 Å². The second-order valence-corrected chi connectivity index (χ2v) is 7.38. The Balaban J connectivity index is 1.60. The molecule has 0 radical (unpaired) electrons. The molecule has 2 aromatic carbocycles. The minimum absolute atomic E-state index is 0.125. The van der Waals surface area contributed by atoms with Gasteiger partial charge in [0.15, 0.2) is 0 Å².